The van der Waals surface area contributed by atoms with Crippen molar-refractivity contribution in [2.75, 3.05) is 13.1 Å². The van der Waals surface area contributed by atoms with Crippen LogP contribution in [0.2, 0.25) is 0 Å². The average molecular weight is 468 g/mol. The summed E-state index contributed by atoms with van der Waals surface area (Å²) >= 11 is 0. The van der Waals surface area contributed by atoms with Crippen molar-refractivity contribution in [1.29, 1.82) is 0 Å². The third-order valence-electron chi connectivity index (χ3n) is 6.78. The largest absolute Gasteiger partial charge is 0.271 e. The number of nitrogens with zero attached hydrogens (tertiary/aromatic N) is 2. The SMILES string of the molecule is CC(=NNC(=O)c1cccc(S(=O)(=O)N2CCCCC2)c1)c1ccc(C2CCCCC2)cc1. The number of amides is 1. The number of carbonyl (C=O) groups excluding carboxylic acids is 1. The molecule has 2 aliphatic rings. The van der Waals surface area contributed by atoms with Gasteiger partial charge in [-0.2, -0.15) is 9.41 Å². The van der Waals surface area contributed by atoms with E-state index in [-0.39, 0.29) is 10.5 Å². The molecule has 6 nitrogen and oxygen atoms in total. The van der Waals surface area contributed by atoms with Crippen molar-refractivity contribution in [2.24, 2.45) is 5.10 Å². The predicted molar refractivity (Wildman–Crippen MR) is 131 cm³/mol. The average Bonchev–Trinajstić information content (AvgIpc) is 2.88. The highest BCUT2D eigenvalue weighted by atomic mass is 32.2. The zero-order chi connectivity index (χ0) is 23.3. The molecule has 0 bridgehead atoms. The Morgan fingerprint density at radius 2 is 1.58 bits per heavy atom. The number of sulfonamides is 1. The van der Waals surface area contributed by atoms with E-state index in [4.69, 9.17) is 0 Å². The van der Waals surface area contributed by atoms with Gasteiger partial charge in [-0.05, 0) is 67.9 Å². The van der Waals surface area contributed by atoms with Crippen molar-refractivity contribution < 1.29 is 13.2 Å². The lowest BCUT2D eigenvalue weighted by Crippen LogP contribution is -2.35. The summed E-state index contributed by atoms with van der Waals surface area (Å²) in [7, 11) is -3.59. The Balaban J connectivity index is 1.42. The highest BCUT2D eigenvalue weighted by Gasteiger charge is 2.26. The number of benzene rings is 2. The van der Waals surface area contributed by atoms with Gasteiger partial charge in [0.15, 0.2) is 0 Å². The van der Waals surface area contributed by atoms with Gasteiger partial charge in [0.05, 0.1) is 10.6 Å². The zero-order valence-electron chi connectivity index (χ0n) is 19.3. The normalized spacial score (nSPS) is 18.8. The minimum Gasteiger partial charge on any atom is -0.267 e. The van der Waals surface area contributed by atoms with Gasteiger partial charge in [0.2, 0.25) is 10.0 Å². The van der Waals surface area contributed by atoms with Crippen LogP contribution in [-0.2, 0) is 10.0 Å². The first-order chi connectivity index (χ1) is 15.9. The van der Waals surface area contributed by atoms with Crippen LogP contribution in [0, 0.1) is 0 Å². The highest BCUT2D eigenvalue weighted by Crippen LogP contribution is 2.32. The summed E-state index contributed by atoms with van der Waals surface area (Å²) < 4.78 is 27.3. The molecule has 0 spiro atoms. The highest BCUT2D eigenvalue weighted by molar-refractivity contribution is 7.89. The lowest BCUT2D eigenvalue weighted by Gasteiger charge is -2.25. The van der Waals surface area contributed by atoms with E-state index >= 15 is 0 Å². The Bertz CT molecular complexity index is 1100. The third-order valence-corrected chi connectivity index (χ3v) is 8.67. The van der Waals surface area contributed by atoms with Crippen LogP contribution in [0.4, 0.5) is 0 Å². The van der Waals surface area contributed by atoms with Crippen molar-refractivity contribution in [3.8, 4) is 0 Å². The maximum Gasteiger partial charge on any atom is 0.271 e. The molecule has 0 radical (unpaired) electrons. The van der Waals surface area contributed by atoms with Crippen LogP contribution in [0.3, 0.4) is 0 Å². The van der Waals surface area contributed by atoms with E-state index in [9.17, 15) is 13.2 Å². The molecule has 0 atom stereocenters. The topological polar surface area (TPSA) is 78.8 Å². The van der Waals surface area contributed by atoms with E-state index < -0.39 is 15.9 Å². The summed E-state index contributed by atoms with van der Waals surface area (Å²) in [6.45, 7) is 2.91. The van der Waals surface area contributed by atoms with Gasteiger partial charge in [-0.3, -0.25) is 4.79 Å². The van der Waals surface area contributed by atoms with E-state index in [0.29, 0.717) is 24.7 Å². The molecule has 0 unspecified atom stereocenters. The molecule has 2 aromatic carbocycles. The molecule has 1 aliphatic carbocycles. The molecule has 4 rings (SSSR count). The Labute approximate surface area is 197 Å². The van der Waals surface area contributed by atoms with Crippen LogP contribution in [0.15, 0.2) is 58.5 Å². The smallest absolute Gasteiger partial charge is 0.267 e. The van der Waals surface area contributed by atoms with Gasteiger partial charge < -0.3 is 0 Å². The number of rotatable bonds is 6. The van der Waals surface area contributed by atoms with E-state index in [1.54, 1.807) is 18.2 Å². The molecular formula is C26H33N3O3S. The number of nitrogens with one attached hydrogen (secondary N) is 1. The van der Waals surface area contributed by atoms with Crippen LogP contribution in [0.1, 0.15) is 85.7 Å². The van der Waals surface area contributed by atoms with Gasteiger partial charge in [-0.1, -0.05) is 56.0 Å². The van der Waals surface area contributed by atoms with Gasteiger partial charge in [0, 0.05) is 18.7 Å². The van der Waals surface area contributed by atoms with Crippen molar-refractivity contribution in [1.82, 2.24) is 9.73 Å². The number of carbonyl (C=O) groups is 1. The summed E-state index contributed by atoms with van der Waals surface area (Å²) in [5.41, 5.74) is 5.89. The molecule has 1 aliphatic heterocycles. The lowest BCUT2D eigenvalue weighted by atomic mass is 9.84. The molecule has 7 heteroatoms. The Kier molecular flexibility index (Phi) is 7.60. The molecular weight excluding hydrogens is 434 g/mol. The fourth-order valence-electron chi connectivity index (χ4n) is 4.75. The Hall–Kier alpha value is -2.51. The molecule has 1 saturated carbocycles. The quantitative estimate of drug-likeness (QED) is 0.476. The van der Waals surface area contributed by atoms with E-state index in [2.05, 4.69) is 34.8 Å². The van der Waals surface area contributed by atoms with Crippen LogP contribution < -0.4 is 5.43 Å². The van der Waals surface area contributed by atoms with Crippen molar-refractivity contribution in [2.45, 2.75) is 69.1 Å². The number of piperidine rings is 1. The third kappa shape index (κ3) is 5.71. The first-order valence-electron chi connectivity index (χ1n) is 12.0. The summed E-state index contributed by atoms with van der Waals surface area (Å²) in [5, 5.41) is 4.25. The standard InChI is InChI=1S/C26H33N3O3S/c1-20(21-13-15-23(16-14-21)22-9-4-2-5-10-22)27-28-26(30)24-11-8-12-25(19-24)33(31,32)29-17-6-3-7-18-29/h8,11-16,19,22H,2-7,9-10,17-18H2,1H3,(H,28,30). The molecule has 0 aromatic heterocycles. The van der Waals surface area contributed by atoms with E-state index in [0.717, 1.165) is 24.8 Å². The van der Waals surface area contributed by atoms with Gasteiger partial charge in [0.25, 0.3) is 5.91 Å². The zero-order valence-corrected chi connectivity index (χ0v) is 20.1. The predicted octanol–water partition coefficient (Wildman–Crippen LogP) is 5.06. The maximum absolute atomic E-state index is 12.9. The summed E-state index contributed by atoms with van der Waals surface area (Å²) in [6.07, 6.45) is 9.26. The fraction of sp³-hybridized carbons (Fsp3) is 0.462. The monoisotopic (exact) mass is 467 g/mol. The molecule has 1 saturated heterocycles. The Morgan fingerprint density at radius 1 is 0.909 bits per heavy atom. The number of hydrazone groups is 1. The van der Waals surface area contributed by atoms with Gasteiger partial charge in [-0.15, -0.1) is 0 Å². The second kappa shape index (κ2) is 10.6. The second-order valence-electron chi connectivity index (χ2n) is 9.09. The molecule has 2 fully saturated rings. The summed E-state index contributed by atoms with van der Waals surface area (Å²) in [4.78, 5) is 12.8. The van der Waals surface area contributed by atoms with Gasteiger partial charge >= 0.3 is 0 Å². The number of hydrogen-bond donors (Lipinski definition) is 1. The molecule has 176 valence electrons. The molecule has 1 N–H and O–H groups in total. The molecule has 33 heavy (non-hydrogen) atoms. The van der Waals surface area contributed by atoms with Crippen LogP contribution in [0.25, 0.3) is 0 Å². The van der Waals surface area contributed by atoms with Crippen molar-refractivity contribution in [3.05, 3.63) is 65.2 Å². The van der Waals surface area contributed by atoms with Crippen LogP contribution in [-0.4, -0.2) is 37.4 Å². The summed E-state index contributed by atoms with van der Waals surface area (Å²) in [5.74, 6) is 0.224. The van der Waals surface area contributed by atoms with Crippen LogP contribution >= 0.6 is 0 Å². The first kappa shape index (κ1) is 23.6. The maximum atomic E-state index is 12.9. The van der Waals surface area contributed by atoms with Crippen molar-refractivity contribution >= 4 is 21.6 Å². The second-order valence-corrected chi connectivity index (χ2v) is 11.0. The Morgan fingerprint density at radius 3 is 2.27 bits per heavy atom. The first-order valence-corrected chi connectivity index (χ1v) is 13.4. The lowest BCUT2D eigenvalue weighted by molar-refractivity contribution is 0.0954. The van der Waals surface area contributed by atoms with E-state index in [1.165, 1.54) is 48.0 Å². The minimum atomic E-state index is -3.59. The van der Waals surface area contributed by atoms with Crippen LogP contribution in [0.5, 0.6) is 0 Å². The molecule has 2 aromatic rings. The number of hydrogen-bond acceptors (Lipinski definition) is 4. The van der Waals surface area contributed by atoms with Gasteiger partial charge in [-0.25, -0.2) is 13.8 Å². The van der Waals surface area contributed by atoms with E-state index in [1.807, 2.05) is 6.92 Å². The van der Waals surface area contributed by atoms with Crippen molar-refractivity contribution in [3.63, 3.8) is 0 Å². The van der Waals surface area contributed by atoms with Gasteiger partial charge in [0.1, 0.15) is 0 Å². The fourth-order valence-corrected chi connectivity index (χ4v) is 6.31. The molecule has 1 amide bonds. The summed E-state index contributed by atoms with van der Waals surface area (Å²) in [6, 6.07) is 14.6. The molecule has 1 heterocycles. The minimum absolute atomic E-state index is 0.149.